The van der Waals surface area contributed by atoms with Crippen LogP contribution in [0.25, 0.3) is 0 Å². The Balaban J connectivity index is 1.69. The van der Waals surface area contributed by atoms with Gasteiger partial charge in [-0.25, -0.2) is 9.59 Å². The van der Waals surface area contributed by atoms with Gasteiger partial charge in [-0.05, 0) is 23.3 Å². The van der Waals surface area contributed by atoms with Crippen LogP contribution in [0.4, 0.5) is 0 Å². The van der Waals surface area contributed by atoms with Crippen molar-refractivity contribution in [2.75, 3.05) is 19.6 Å². The molecule has 0 spiro atoms. The predicted octanol–water partition coefficient (Wildman–Crippen LogP) is 6.32. The fraction of sp³-hybridized carbons (Fsp3) is 0.429. The Morgan fingerprint density at radius 2 is 1.27 bits per heavy atom. The van der Waals surface area contributed by atoms with Crippen molar-refractivity contribution in [3.8, 4) is 0 Å². The Morgan fingerprint density at radius 3 is 1.82 bits per heavy atom. The van der Waals surface area contributed by atoms with Crippen LogP contribution >= 0.6 is 81.2 Å². The first-order valence-corrected chi connectivity index (χ1v) is 22.3. The molecule has 2 saturated heterocycles. The topological polar surface area (TPSA) is 214 Å². The number of hydrogen-bond donors (Lipinski definition) is 2. The van der Waals surface area contributed by atoms with Crippen LogP contribution in [-0.4, -0.2) is 124 Å². The molecule has 2 aliphatic rings. The van der Waals surface area contributed by atoms with E-state index >= 15 is 0 Å². The lowest BCUT2D eigenvalue weighted by molar-refractivity contribution is -0.340. The summed E-state index contributed by atoms with van der Waals surface area (Å²) in [6.07, 6.45) is -16.1. The average Bonchev–Trinajstić information content (AvgIpc) is 3.28. The minimum absolute atomic E-state index is 0.00512. The normalized spacial score (nSPS) is 25.4. The van der Waals surface area contributed by atoms with Crippen molar-refractivity contribution in [1.29, 1.82) is 5.41 Å². The van der Waals surface area contributed by atoms with E-state index in [-0.39, 0.29) is 18.8 Å². The minimum atomic E-state index is -2.69. The summed E-state index contributed by atoms with van der Waals surface area (Å²) in [4.78, 5) is 67.1. The lowest BCUT2D eigenvalue weighted by Gasteiger charge is -2.49. The molecule has 0 bridgehead atoms. The van der Waals surface area contributed by atoms with Gasteiger partial charge in [-0.15, -0.1) is 11.6 Å². The third kappa shape index (κ3) is 14.9. The fourth-order valence-electron chi connectivity index (χ4n) is 6.61. The molecule has 358 valence electrons. The number of hydrogen-bond acceptors (Lipinski definition) is 16. The van der Waals surface area contributed by atoms with E-state index in [1.54, 1.807) is 78.9 Å². The lowest BCUT2D eigenvalue weighted by Crippen LogP contribution is -2.70. The number of carbonyl (C=O) groups is 5. The number of rotatable bonds is 17. The quantitative estimate of drug-likeness (QED) is 0.0498. The molecule has 0 aliphatic carbocycles. The van der Waals surface area contributed by atoms with Crippen molar-refractivity contribution in [1.82, 2.24) is 5.32 Å². The maximum absolute atomic E-state index is 14.0. The van der Waals surface area contributed by atoms with E-state index in [1.807, 2.05) is 0 Å². The van der Waals surface area contributed by atoms with E-state index in [1.165, 1.54) is 12.1 Å². The van der Waals surface area contributed by atoms with Crippen molar-refractivity contribution in [3.63, 3.8) is 0 Å². The monoisotopic (exact) mass is 1060 g/mol. The molecule has 2 heterocycles. The summed E-state index contributed by atoms with van der Waals surface area (Å²) in [5, 5.41) is 10.8. The van der Waals surface area contributed by atoms with E-state index in [4.69, 9.17) is 134 Å². The van der Waals surface area contributed by atoms with Gasteiger partial charge in [0.05, 0.1) is 32.5 Å². The molecule has 2 N–H and O–H groups in total. The molecular formula is C42H41Cl7N2O15. The maximum atomic E-state index is 14.0. The molecule has 24 heteroatoms. The minimum Gasteiger partial charge on any atom is -0.467 e. The number of amides is 1. The number of esters is 4. The highest BCUT2D eigenvalue weighted by Crippen LogP contribution is 2.38. The van der Waals surface area contributed by atoms with Crippen molar-refractivity contribution in [2.24, 2.45) is 0 Å². The lowest BCUT2D eigenvalue weighted by atomic mass is 9.94. The molecule has 3 aromatic carbocycles. The smallest absolute Gasteiger partial charge is 0.339 e. The largest absolute Gasteiger partial charge is 0.467 e. The molecule has 0 saturated carbocycles. The van der Waals surface area contributed by atoms with Gasteiger partial charge >= 0.3 is 23.9 Å². The van der Waals surface area contributed by atoms with Crippen LogP contribution in [0, 0.1) is 5.41 Å². The van der Waals surface area contributed by atoms with Crippen molar-refractivity contribution in [2.45, 2.75) is 89.1 Å². The van der Waals surface area contributed by atoms with Crippen LogP contribution in [0.3, 0.4) is 0 Å². The molecule has 5 rings (SSSR count). The molecule has 17 nitrogen and oxygen atoms in total. The standard InChI is InChI=1S/C42H41Cl7N2O15/c1-22(52)60-29-26(21-58-19-23-12-6-3-7-13-23)61-37(66-39(50)41(44,45)46)28(51-40(56)42(47,48)49)30(29)64-38-34(63-35(54)25-16-10-5-11-17-25)31(59-20-24-14-8-4-9-15-24)32(62-27(53)18-43)33(65-38)36(55)57-2/h3-17,26,28-34,37-38,50H,18-21H2,1-2H3,(H,51,56)/t26-,28-,29+,30-,31+,32+,33-,34-,37-,38-/m1/s1. The molecule has 3 aromatic rings. The molecule has 0 radical (unpaired) electrons. The van der Waals surface area contributed by atoms with Gasteiger partial charge in [0.25, 0.3) is 13.5 Å². The molecule has 1 amide bonds. The second-order valence-electron chi connectivity index (χ2n) is 14.2. The van der Waals surface area contributed by atoms with Gasteiger partial charge in [0.2, 0.25) is 12.2 Å². The van der Waals surface area contributed by atoms with Gasteiger partial charge in [-0.2, -0.15) is 0 Å². The zero-order chi connectivity index (χ0) is 48.2. The Labute approximate surface area is 413 Å². The highest BCUT2D eigenvalue weighted by atomic mass is 35.6. The number of methoxy groups -OCH3 is 1. The highest BCUT2D eigenvalue weighted by molar-refractivity contribution is 6.76. The Morgan fingerprint density at radius 1 is 0.682 bits per heavy atom. The van der Waals surface area contributed by atoms with Crippen LogP contribution in [0.5, 0.6) is 0 Å². The first-order chi connectivity index (χ1) is 31.3. The average molecular weight is 1060 g/mol. The summed E-state index contributed by atoms with van der Waals surface area (Å²) < 4.78 is 54.5. The molecule has 66 heavy (non-hydrogen) atoms. The fourth-order valence-corrected chi connectivity index (χ4v) is 6.97. The number of halogens is 7. The first kappa shape index (κ1) is 53.3. The molecule has 10 atom stereocenters. The second-order valence-corrected chi connectivity index (χ2v) is 19.0. The zero-order valence-electron chi connectivity index (χ0n) is 34.5. The van der Waals surface area contributed by atoms with Crippen molar-refractivity contribution < 1.29 is 71.3 Å². The summed E-state index contributed by atoms with van der Waals surface area (Å²) in [6, 6.07) is 23.3. The summed E-state index contributed by atoms with van der Waals surface area (Å²) in [5.74, 6) is -7.14. The van der Waals surface area contributed by atoms with Crippen LogP contribution in [-0.2, 0) is 79.8 Å². The summed E-state index contributed by atoms with van der Waals surface area (Å²) in [6.45, 7) is 0.383. The molecule has 2 aliphatic heterocycles. The number of alkyl halides is 7. The maximum Gasteiger partial charge on any atom is 0.339 e. The van der Waals surface area contributed by atoms with E-state index in [0.717, 1.165) is 19.6 Å². The summed E-state index contributed by atoms with van der Waals surface area (Å²) in [5.41, 5.74) is 1.32. The predicted molar refractivity (Wildman–Crippen MR) is 238 cm³/mol. The van der Waals surface area contributed by atoms with E-state index in [0.29, 0.717) is 5.56 Å². The van der Waals surface area contributed by atoms with Crippen molar-refractivity contribution >= 4 is 117 Å². The number of ether oxygens (including phenoxy) is 10. The third-order valence-corrected chi connectivity index (χ3v) is 10.8. The van der Waals surface area contributed by atoms with Gasteiger partial charge in [0, 0.05) is 6.92 Å². The Hall–Kier alpha value is -3.69. The van der Waals surface area contributed by atoms with Gasteiger partial charge in [0.1, 0.15) is 30.2 Å². The van der Waals surface area contributed by atoms with Crippen LogP contribution < -0.4 is 5.32 Å². The van der Waals surface area contributed by atoms with Crippen LogP contribution in [0.1, 0.15) is 28.4 Å². The molecule has 0 unspecified atom stereocenters. The Bertz CT molecular complexity index is 2120. The second kappa shape index (κ2) is 24.5. The van der Waals surface area contributed by atoms with E-state index in [2.05, 4.69) is 5.32 Å². The highest BCUT2D eigenvalue weighted by Gasteiger charge is 2.59. The van der Waals surface area contributed by atoms with Gasteiger partial charge in [0.15, 0.2) is 30.7 Å². The Kier molecular flexibility index (Phi) is 19.8. The van der Waals surface area contributed by atoms with E-state index < -0.39 is 117 Å². The summed E-state index contributed by atoms with van der Waals surface area (Å²) >= 11 is 41.9. The number of nitrogens with one attached hydrogen (secondary N) is 2. The van der Waals surface area contributed by atoms with Gasteiger partial charge < -0.3 is 52.7 Å². The molecular weight excluding hydrogens is 1020 g/mol. The zero-order valence-corrected chi connectivity index (χ0v) is 39.8. The van der Waals surface area contributed by atoms with Crippen LogP contribution in [0.15, 0.2) is 91.0 Å². The SMILES string of the molecule is COC(=O)[C@@H]1O[C@@H](O[C@@H]2[C@@H](NC(=O)C(Cl)(Cl)Cl)[C@@H](OC(=N)C(Cl)(Cl)Cl)O[C@H](COCc3ccccc3)[C@@H]2OC(C)=O)[C@H](OC(=O)c2ccccc2)[C@@H](OCc2ccccc2)[C@@H]1OC(=O)CCl. The number of carbonyl (C=O) groups excluding carboxylic acids is 5. The first-order valence-electron chi connectivity index (χ1n) is 19.5. The van der Waals surface area contributed by atoms with Crippen LogP contribution in [0.2, 0.25) is 0 Å². The van der Waals surface area contributed by atoms with Crippen molar-refractivity contribution in [3.05, 3.63) is 108 Å². The van der Waals surface area contributed by atoms with Gasteiger partial charge in [-0.1, -0.05) is 148 Å². The van der Waals surface area contributed by atoms with E-state index in [9.17, 15) is 24.0 Å². The summed E-state index contributed by atoms with van der Waals surface area (Å²) in [7, 11) is 1.02. The molecule has 0 aromatic heterocycles. The van der Waals surface area contributed by atoms with Gasteiger partial charge in [-0.3, -0.25) is 19.8 Å². The molecule has 2 fully saturated rings. The number of benzene rings is 3. The third-order valence-electron chi connectivity index (χ3n) is 9.52.